The molecule has 0 aliphatic carbocycles. The van der Waals surface area contributed by atoms with E-state index in [4.69, 9.17) is 0 Å². The van der Waals surface area contributed by atoms with Crippen LogP contribution in [0.3, 0.4) is 0 Å². The lowest BCUT2D eigenvalue weighted by Gasteiger charge is -2.18. The van der Waals surface area contributed by atoms with Crippen LogP contribution in [-0.4, -0.2) is 16.5 Å². The molecule has 1 aromatic rings. The van der Waals surface area contributed by atoms with Gasteiger partial charge in [-0.2, -0.15) is 0 Å². The van der Waals surface area contributed by atoms with Crippen molar-refractivity contribution >= 4 is 21.7 Å². The second-order valence-electron chi connectivity index (χ2n) is 5.64. The topological polar surface area (TPSA) is 37.8 Å². The fraction of sp³-hybridized carbons (Fsp3) is 0.714. The quantitative estimate of drug-likeness (QED) is 0.619. The Balaban J connectivity index is 2.58. The molecule has 0 unspecified atom stereocenters. The van der Waals surface area contributed by atoms with Gasteiger partial charge in [0, 0.05) is 18.0 Å². The third-order valence-electron chi connectivity index (χ3n) is 2.70. The summed E-state index contributed by atoms with van der Waals surface area (Å²) in [5.41, 5.74) is -0.0254. The maximum Gasteiger partial charge on any atom is 0.137 e. The largest absolute Gasteiger partial charge is 0.370 e. The van der Waals surface area contributed by atoms with Gasteiger partial charge in [-0.1, -0.05) is 47.0 Å². The Hall–Kier alpha value is -0.640. The molecule has 0 fully saturated rings. The summed E-state index contributed by atoms with van der Waals surface area (Å²) in [6, 6.07) is 1.94. The van der Waals surface area contributed by atoms with Crippen LogP contribution in [0.25, 0.3) is 0 Å². The summed E-state index contributed by atoms with van der Waals surface area (Å²) in [5.74, 6) is 1.78. The number of nitrogens with zero attached hydrogens (tertiary/aromatic N) is 2. The maximum atomic E-state index is 4.57. The van der Waals surface area contributed by atoms with Crippen molar-refractivity contribution in [2.45, 2.75) is 58.8 Å². The molecule has 0 spiro atoms. The van der Waals surface area contributed by atoms with E-state index < -0.39 is 0 Å². The first kappa shape index (κ1) is 15.4. The molecule has 1 aromatic heterocycles. The number of halogens is 1. The van der Waals surface area contributed by atoms with Crippen molar-refractivity contribution in [3.63, 3.8) is 0 Å². The third-order valence-corrected chi connectivity index (χ3v) is 3.11. The number of anilines is 1. The van der Waals surface area contributed by atoms with Gasteiger partial charge in [0.05, 0.1) is 0 Å². The lowest BCUT2D eigenvalue weighted by atomic mass is 9.96. The van der Waals surface area contributed by atoms with Crippen molar-refractivity contribution in [2.75, 3.05) is 11.9 Å². The van der Waals surface area contributed by atoms with Gasteiger partial charge in [-0.25, -0.2) is 9.97 Å². The van der Waals surface area contributed by atoms with Gasteiger partial charge in [0.1, 0.15) is 16.2 Å². The van der Waals surface area contributed by atoms with E-state index in [1.54, 1.807) is 0 Å². The zero-order valence-electron chi connectivity index (χ0n) is 11.9. The van der Waals surface area contributed by atoms with Crippen LogP contribution in [-0.2, 0) is 5.41 Å². The molecule has 0 saturated heterocycles. The Kier molecular flexibility index (Phi) is 6.06. The van der Waals surface area contributed by atoms with E-state index in [1.807, 2.05) is 6.07 Å². The highest BCUT2D eigenvalue weighted by atomic mass is 79.9. The molecular formula is C14H24BrN3. The van der Waals surface area contributed by atoms with Crippen LogP contribution in [0, 0.1) is 0 Å². The molecule has 0 amide bonds. The first-order valence-corrected chi connectivity index (χ1v) is 7.51. The highest BCUT2D eigenvalue weighted by Crippen LogP contribution is 2.22. The van der Waals surface area contributed by atoms with Crippen LogP contribution < -0.4 is 5.32 Å². The molecule has 0 bridgehead atoms. The van der Waals surface area contributed by atoms with E-state index in [0.29, 0.717) is 0 Å². The lowest BCUT2D eigenvalue weighted by Crippen LogP contribution is -2.17. The first-order chi connectivity index (χ1) is 8.43. The van der Waals surface area contributed by atoms with Gasteiger partial charge in [-0.15, -0.1) is 0 Å². The average Bonchev–Trinajstić information content (AvgIpc) is 2.27. The van der Waals surface area contributed by atoms with Crippen molar-refractivity contribution in [3.8, 4) is 0 Å². The molecule has 4 heteroatoms. The number of unbranched alkanes of at least 4 members (excludes halogenated alkanes) is 3. The standard InChI is InChI=1S/C14H24BrN3/c1-5-6-7-8-9-16-12-10-11(15)17-13(18-12)14(2,3)4/h10H,5-9H2,1-4H3,(H,16,17,18). The normalized spacial score (nSPS) is 11.6. The molecule has 1 rings (SSSR count). The predicted molar refractivity (Wildman–Crippen MR) is 81.1 cm³/mol. The highest BCUT2D eigenvalue weighted by Gasteiger charge is 2.18. The minimum absolute atomic E-state index is 0.0254. The average molecular weight is 314 g/mol. The van der Waals surface area contributed by atoms with E-state index >= 15 is 0 Å². The zero-order valence-corrected chi connectivity index (χ0v) is 13.5. The molecule has 102 valence electrons. The molecule has 1 heterocycles. The fourth-order valence-electron chi connectivity index (χ4n) is 1.61. The summed E-state index contributed by atoms with van der Waals surface area (Å²) in [7, 11) is 0. The summed E-state index contributed by atoms with van der Waals surface area (Å²) in [4.78, 5) is 9.00. The number of aromatic nitrogens is 2. The molecule has 3 nitrogen and oxygen atoms in total. The summed E-state index contributed by atoms with van der Waals surface area (Å²) < 4.78 is 0.846. The zero-order chi connectivity index (χ0) is 13.6. The Labute approximate surface area is 119 Å². The molecule has 0 aliphatic rings. The van der Waals surface area contributed by atoms with Gasteiger partial charge in [0.2, 0.25) is 0 Å². The van der Waals surface area contributed by atoms with Gasteiger partial charge >= 0.3 is 0 Å². The van der Waals surface area contributed by atoms with Gasteiger partial charge in [-0.05, 0) is 22.4 Å². The number of hydrogen-bond acceptors (Lipinski definition) is 3. The Morgan fingerprint density at radius 2 is 1.89 bits per heavy atom. The van der Waals surface area contributed by atoms with Crippen molar-refractivity contribution in [1.29, 1.82) is 0 Å². The molecule has 0 atom stereocenters. The molecule has 0 aliphatic heterocycles. The Morgan fingerprint density at radius 3 is 2.50 bits per heavy atom. The Bertz CT molecular complexity index is 372. The Morgan fingerprint density at radius 1 is 1.17 bits per heavy atom. The minimum Gasteiger partial charge on any atom is -0.370 e. The van der Waals surface area contributed by atoms with Crippen LogP contribution in [0.2, 0.25) is 0 Å². The number of hydrogen-bond donors (Lipinski definition) is 1. The monoisotopic (exact) mass is 313 g/mol. The van der Waals surface area contributed by atoms with Gasteiger partial charge in [0.25, 0.3) is 0 Å². The first-order valence-electron chi connectivity index (χ1n) is 6.72. The SMILES string of the molecule is CCCCCCNc1cc(Br)nc(C(C)(C)C)n1. The van der Waals surface area contributed by atoms with Crippen molar-refractivity contribution in [2.24, 2.45) is 0 Å². The number of rotatable bonds is 6. The van der Waals surface area contributed by atoms with E-state index in [1.165, 1.54) is 25.7 Å². The van der Waals surface area contributed by atoms with E-state index in [9.17, 15) is 0 Å². The van der Waals surface area contributed by atoms with Crippen LogP contribution in [0.15, 0.2) is 10.7 Å². The predicted octanol–water partition coefficient (Wildman–Crippen LogP) is 4.53. The summed E-state index contributed by atoms with van der Waals surface area (Å²) in [5, 5.41) is 3.38. The lowest BCUT2D eigenvalue weighted by molar-refractivity contribution is 0.544. The van der Waals surface area contributed by atoms with Crippen LogP contribution in [0.5, 0.6) is 0 Å². The smallest absolute Gasteiger partial charge is 0.137 e. The molecular weight excluding hydrogens is 290 g/mol. The highest BCUT2D eigenvalue weighted by molar-refractivity contribution is 9.10. The van der Waals surface area contributed by atoms with Crippen molar-refractivity contribution in [1.82, 2.24) is 9.97 Å². The van der Waals surface area contributed by atoms with Gasteiger partial charge in [-0.3, -0.25) is 0 Å². The minimum atomic E-state index is -0.0254. The molecule has 0 radical (unpaired) electrons. The van der Waals surface area contributed by atoms with E-state index in [2.05, 4.69) is 58.9 Å². The fourth-order valence-corrected chi connectivity index (χ4v) is 2.00. The van der Waals surface area contributed by atoms with Crippen LogP contribution >= 0.6 is 15.9 Å². The second kappa shape index (κ2) is 7.07. The maximum absolute atomic E-state index is 4.57. The molecule has 0 aromatic carbocycles. The van der Waals surface area contributed by atoms with Gasteiger partial charge < -0.3 is 5.32 Å². The van der Waals surface area contributed by atoms with Crippen molar-refractivity contribution < 1.29 is 0 Å². The van der Waals surface area contributed by atoms with E-state index in [0.717, 1.165) is 22.8 Å². The van der Waals surface area contributed by atoms with Crippen molar-refractivity contribution in [3.05, 3.63) is 16.5 Å². The van der Waals surface area contributed by atoms with E-state index in [-0.39, 0.29) is 5.41 Å². The molecule has 18 heavy (non-hydrogen) atoms. The summed E-state index contributed by atoms with van der Waals surface area (Å²) in [6.45, 7) is 9.58. The summed E-state index contributed by atoms with van der Waals surface area (Å²) >= 11 is 3.45. The van der Waals surface area contributed by atoms with Gasteiger partial charge in [0.15, 0.2) is 0 Å². The molecule has 1 N–H and O–H groups in total. The molecule has 0 saturated carbocycles. The van der Waals surface area contributed by atoms with Crippen LogP contribution in [0.1, 0.15) is 59.2 Å². The van der Waals surface area contributed by atoms with Crippen LogP contribution in [0.4, 0.5) is 5.82 Å². The summed E-state index contributed by atoms with van der Waals surface area (Å²) in [6.07, 6.45) is 5.05. The third kappa shape index (κ3) is 5.34. The number of nitrogens with one attached hydrogen (secondary N) is 1. The second-order valence-corrected chi connectivity index (χ2v) is 6.45.